The minimum atomic E-state index is -0.171. The molecule has 5 nitrogen and oxygen atoms in total. The van der Waals surface area contributed by atoms with Crippen LogP contribution < -0.4 is 0 Å². The van der Waals surface area contributed by atoms with E-state index in [1.807, 2.05) is 0 Å². The van der Waals surface area contributed by atoms with Crippen molar-refractivity contribution in [1.82, 2.24) is 4.90 Å². The Morgan fingerprint density at radius 3 is 2.55 bits per heavy atom. The normalized spacial score (nSPS) is 35.1. The van der Waals surface area contributed by atoms with Gasteiger partial charge in [0.2, 0.25) is 0 Å². The van der Waals surface area contributed by atoms with E-state index < -0.39 is 0 Å². The average Bonchev–Trinajstić information content (AvgIpc) is 3.07. The SMILES string of the molecule is CCCCOC(=O)N1CCC(OC2CC3CC2CC3O)CC1. The van der Waals surface area contributed by atoms with Crippen LogP contribution in [0.2, 0.25) is 0 Å². The number of carbonyl (C=O) groups is 1. The zero-order chi connectivity index (χ0) is 15.5. The van der Waals surface area contributed by atoms with E-state index in [2.05, 4.69) is 6.92 Å². The number of rotatable bonds is 5. The largest absolute Gasteiger partial charge is 0.449 e. The molecular formula is C17H29NO4. The van der Waals surface area contributed by atoms with Crippen LogP contribution in [0.4, 0.5) is 4.79 Å². The Hall–Kier alpha value is -0.810. The van der Waals surface area contributed by atoms with Crippen LogP contribution in [0.5, 0.6) is 0 Å². The van der Waals surface area contributed by atoms with E-state index in [4.69, 9.17) is 9.47 Å². The van der Waals surface area contributed by atoms with Crippen LogP contribution in [-0.4, -0.2) is 54.1 Å². The number of aliphatic hydroxyl groups is 1. The van der Waals surface area contributed by atoms with Gasteiger partial charge in [-0.05, 0) is 50.4 Å². The number of hydrogen-bond acceptors (Lipinski definition) is 4. The van der Waals surface area contributed by atoms with Gasteiger partial charge in [-0.2, -0.15) is 0 Å². The number of amides is 1. The molecule has 0 radical (unpaired) electrons. The van der Waals surface area contributed by atoms with Crippen LogP contribution in [0.1, 0.15) is 51.9 Å². The van der Waals surface area contributed by atoms with Gasteiger partial charge in [0.15, 0.2) is 0 Å². The molecule has 1 amide bonds. The second kappa shape index (κ2) is 7.18. The number of hydrogen-bond donors (Lipinski definition) is 1. The maximum atomic E-state index is 11.9. The highest BCUT2D eigenvalue weighted by molar-refractivity contribution is 5.67. The van der Waals surface area contributed by atoms with Gasteiger partial charge in [0, 0.05) is 13.1 Å². The lowest BCUT2D eigenvalue weighted by Gasteiger charge is -2.35. The number of ether oxygens (including phenoxy) is 2. The van der Waals surface area contributed by atoms with Gasteiger partial charge in [0.1, 0.15) is 0 Å². The Bertz CT molecular complexity index is 379. The minimum Gasteiger partial charge on any atom is -0.449 e. The molecule has 1 heterocycles. The van der Waals surface area contributed by atoms with Gasteiger partial charge in [-0.15, -0.1) is 0 Å². The molecule has 0 aromatic rings. The van der Waals surface area contributed by atoms with E-state index in [0.29, 0.717) is 24.5 Å². The zero-order valence-corrected chi connectivity index (χ0v) is 13.6. The molecule has 1 saturated heterocycles. The first-order valence-electron chi connectivity index (χ1n) is 8.92. The summed E-state index contributed by atoms with van der Waals surface area (Å²) in [5.41, 5.74) is 0. The highest BCUT2D eigenvalue weighted by Gasteiger charge is 2.46. The summed E-state index contributed by atoms with van der Waals surface area (Å²) < 4.78 is 11.5. The van der Waals surface area contributed by atoms with Crippen LogP contribution in [0.25, 0.3) is 0 Å². The first kappa shape index (κ1) is 16.1. The Kier molecular flexibility index (Phi) is 5.24. The number of unbranched alkanes of at least 4 members (excludes halogenated alkanes) is 1. The molecule has 22 heavy (non-hydrogen) atoms. The van der Waals surface area contributed by atoms with Gasteiger partial charge in [-0.3, -0.25) is 0 Å². The molecule has 0 aromatic heterocycles. The van der Waals surface area contributed by atoms with Crippen LogP contribution >= 0.6 is 0 Å². The summed E-state index contributed by atoms with van der Waals surface area (Å²) in [6.07, 6.45) is 7.18. The molecule has 4 unspecified atom stereocenters. The van der Waals surface area contributed by atoms with Gasteiger partial charge >= 0.3 is 6.09 Å². The van der Waals surface area contributed by atoms with Crippen molar-refractivity contribution in [1.29, 1.82) is 0 Å². The van der Waals surface area contributed by atoms with Crippen LogP contribution in [0.3, 0.4) is 0 Å². The number of piperidine rings is 1. The summed E-state index contributed by atoms with van der Waals surface area (Å²) in [7, 11) is 0. The Labute approximate surface area is 133 Å². The molecular weight excluding hydrogens is 282 g/mol. The predicted molar refractivity (Wildman–Crippen MR) is 82.6 cm³/mol. The van der Waals surface area contributed by atoms with Crippen molar-refractivity contribution in [2.75, 3.05) is 19.7 Å². The summed E-state index contributed by atoms with van der Waals surface area (Å²) in [5.74, 6) is 1.01. The first-order valence-corrected chi connectivity index (χ1v) is 8.92. The third kappa shape index (κ3) is 3.57. The third-order valence-electron chi connectivity index (χ3n) is 5.55. The number of fused-ring (bicyclic) bond motifs is 2. The second-order valence-electron chi connectivity index (χ2n) is 7.12. The van der Waals surface area contributed by atoms with Crippen molar-refractivity contribution in [3.8, 4) is 0 Å². The summed E-state index contributed by atoms with van der Waals surface area (Å²) >= 11 is 0. The lowest BCUT2D eigenvalue weighted by atomic mass is 9.94. The molecule has 1 N–H and O–H groups in total. The minimum absolute atomic E-state index is 0.0930. The molecule has 2 bridgehead atoms. The number of aliphatic hydroxyl groups excluding tert-OH is 1. The fourth-order valence-electron chi connectivity index (χ4n) is 4.18. The molecule has 2 saturated carbocycles. The monoisotopic (exact) mass is 311 g/mol. The van der Waals surface area contributed by atoms with E-state index in [1.165, 1.54) is 0 Å². The highest BCUT2D eigenvalue weighted by atomic mass is 16.6. The van der Waals surface area contributed by atoms with Crippen LogP contribution in [-0.2, 0) is 9.47 Å². The summed E-state index contributed by atoms with van der Waals surface area (Å²) in [5, 5.41) is 9.81. The standard InChI is InChI=1S/C17H29NO4/c1-2-3-8-21-17(20)18-6-4-14(5-7-18)22-16-11-12-9-13(16)10-15(12)19/h12-16,19H,2-11H2,1H3. The Balaban J connectivity index is 1.36. The molecule has 2 aliphatic carbocycles. The predicted octanol–water partition coefficient (Wildman–Crippen LogP) is 2.56. The number of nitrogens with zero attached hydrogens (tertiary/aromatic N) is 1. The molecule has 5 heteroatoms. The van der Waals surface area contributed by atoms with Crippen LogP contribution in [0, 0.1) is 11.8 Å². The van der Waals surface area contributed by atoms with E-state index in [0.717, 1.165) is 58.0 Å². The van der Waals surface area contributed by atoms with Crippen molar-refractivity contribution in [2.45, 2.75) is 70.2 Å². The topological polar surface area (TPSA) is 59.0 Å². The molecule has 3 aliphatic rings. The fourth-order valence-corrected chi connectivity index (χ4v) is 4.18. The smallest absolute Gasteiger partial charge is 0.409 e. The molecule has 1 aliphatic heterocycles. The van der Waals surface area contributed by atoms with E-state index >= 15 is 0 Å². The Morgan fingerprint density at radius 1 is 1.18 bits per heavy atom. The van der Waals surface area contributed by atoms with Crippen molar-refractivity contribution >= 4 is 6.09 Å². The van der Waals surface area contributed by atoms with Crippen molar-refractivity contribution in [2.24, 2.45) is 11.8 Å². The number of likely N-dealkylation sites (tertiary alicyclic amines) is 1. The van der Waals surface area contributed by atoms with Crippen molar-refractivity contribution < 1.29 is 19.4 Å². The van der Waals surface area contributed by atoms with Crippen molar-refractivity contribution in [3.05, 3.63) is 0 Å². The summed E-state index contributed by atoms with van der Waals surface area (Å²) in [6.45, 7) is 4.09. The van der Waals surface area contributed by atoms with E-state index in [-0.39, 0.29) is 18.3 Å². The molecule has 0 aromatic carbocycles. The molecule has 3 rings (SSSR count). The molecule has 0 spiro atoms. The first-order chi connectivity index (χ1) is 10.7. The van der Waals surface area contributed by atoms with Gasteiger partial charge in [0.05, 0.1) is 24.9 Å². The average molecular weight is 311 g/mol. The molecule has 126 valence electrons. The van der Waals surface area contributed by atoms with Gasteiger partial charge in [-0.25, -0.2) is 4.79 Å². The second-order valence-corrected chi connectivity index (χ2v) is 7.12. The van der Waals surface area contributed by atoms with Gasteiger partial charge in [-0.1, -0.05) is 13.3 Å². The molecule has 4 atom stereocenters. The summed E-state index contributed by atoms with van der Waals surface area (Å²) in [4.78, 5) is 13.7. The lowest BCUT2D eigenvalue weighted by molar-refractivity contribution is -0.0738. The van der Waals surface area contributed by atoms with Gasteiger partial charge in [0.25, 0.3) is 0 Å². The van der Waals surface area contributed by atoms with Crippen molar-refractivity contribution in [3.63, 3.8) is 0 Å². The molecule has 3 fully saturated rings. The van der Waals surface area contributed by atoms with E-state index in [9.17, 15) is 9.90 Å². The maximum absolute atomic E-state index is 11.9. The lowest BCUT2D eigenvalue weighted by Crippen LogP contribution is -2.43. The maximum Gasteiger partial charge on any atom is 0.409 e. The fraction of sp³-hybridized carbons (Fsp3) is 0.941. The third-order valence-corrected chi connectivity index (χ3v) is 5.55. The quantitative estimate of drug-likeness (QED) is 0.793. The summed E-state index contributed by atoms with van der Waals surface area (Å²) in [6, 6.07) is 0. The van der Waals surface area contributed by atoms with E-state index in [1.54, 1.807) is 4.90 Å². The highest BCUT2D eigenvalue weighted by Crippen LogP contribution is 2.46. The Morgan fingerprint density at radius 2 is 1.95 bits per heavy atom. The number of carbonyl (C=O) groups excluding carboxylic acids is 1. The van der Waals surface area contributed by atoms with Gasteiger partial charge < -0.3 is 19.5 Å². The zero-order valence-electron chi connectivity index (χ0n) is 13.6. The van der Waals surface area contributed by atoms with Crippen LogP contribution in [0.15, 0.2) is 0 Å².